The van der Waals surface area contributed by atoms with E-state index in [-0.39, 0.29) is 29.4 Å². The van der Waals surface area contributed by atoms with E-state index in [9.17, 15) is 26.8 Å². The van der Waals surface area contributed by atoms with E-state index < -0.39 is 39.6 Å². The molecular formula is C17H15F2N3O5S. The summed E-state index contributed by atoms with van der Waals surface area (Å²) in [7, 11) is -3.70. The Balaban J connectivity index is 1.71. The molecule has 0 unspecified atom stereocenters. The summed E-state index contributed by atoms with van der Waals surface area (Å²) in [6, 6.07) is 2.59. The van der Waals surface area contributed by atoms with E-state index in [0.29, 0.717) is 6.07 Å². The van der Waals surface area contributed by atoms with Gasteiger partial charge in [-0.2, -0.15) is 0 Å². The smallest absolute Gasteiger partial charge is 0.342 e. The Morgan fingerprint density at radius 1 is 1.32 bits per heavy atom. The molecule has 11 heteroatoms. The lowest BCUT2D eigenvalue weighted by atomic mass is 10.1. The Kier molecular flexibility index (Phi) is 5.27. The van der Waals surface area contributed by atoms with Gasteiger partial charge in [0, 0.05) is 18.8 Å². The summed E-state index contributed by atoms with van der Waals surface area (Å²) < 4.78 is 58.6. The number of ether oxygens (including phenoxy) is 1. The van der Waals surface area contributed by atoms with Gasteiger partial charge in [0.25, 0.3) is 15.9 Å². The average Bonchev–Trinajstić information content (AvgIpc) is 2.62. The zero-order chi connectivity index (χ0) is 20.5. The van der Waals surface area contributed by atoms with Crippen molar-refractivity contribution < 1.29 is 31.5 Å². The maximum Gasteiger partial charge on any atom is 0.342 e. The number of hydrogen-bond donors (Lipinski definition) is 1. The van der Waals surface area contributed by atoms with Gasteiger partial charge >= 0.3 is 5.97 Å². The van der Waals surface area contributed by atoms with E-state index in [4.69, 9.17) is 4.74 Å². The third-order valence-corrected chi connectivity index (χ3v) is 5.07. The van der Waals surface area contributed by atoms with Crippen molar-refractivity contribution in [2.75, 3.05) is 17.6 Å². The number of halogens is 2. The quantitative estimate of drug-likeness (QED) is 0.750. The number of nitrogens with one attached hydrogen (secondary N) is 1. The number of hydrogen-bond acceptors (Lipinski definition) is 6. The predicted octanol–water partition coefficient (Wildman–Crippen LogP) is 1.33. The maximum atomic E-state index is 13.6. The second kappa shape index (κ2) is 7.50. The Morgan fingerprint density at radius 3 is 2.79 bits per heavy atom. The van der Waals surface area contributed by atoms with E-state index in [0.717, 1.165) is 12.1 Å². The molecule has 0 aromatic heterocycles. The van der Waals surface area contributed by atoms with E-state index in [1.807, 2.05) is 0 Å². The third-order valence-electron chi connectivity index (χ3n) is 3.92. The predicted molar refractivity (Wildman–Crippen MR) is 95.7 cm³/mol. The largest absolute Gasteiger partial charge is 0.449 e. The van der Waals surface area contributed by atoms with Crippen molar-refractivity contribution in [2.45, 2.75) is 13.0 Å². The lowest BCUT2D eigenvalue weighted by Gasteiger charge is -2.28. The SMILES string of the molecule is C[C@@H](OC(=O)C1=CC=CN2CCS(=O)(=O)N=C12)C(=O)Nc1ccc(F)cc1F. The molecule has 2 aliphatic heterocycles. The second-order valence-electron chi connectivity index (χ2n) is 5.98. The molecule has 3 rings (SSSR count). The minimum absolute atomic E-state index is 0.0871. The van der Waals surface area contributed by atoms with Gasteiger partial charge in [-0.3, -0.25) is 4.79 Å². The molecule has 0 aliphatic carbocycles. The van der Waals surface area contributed by atoms with Gasteiger partial charge in [0.05, 0.1) is 11.4 Å². The zero-order valence-corrected chi connectivity index (χ0v) is 15.4. The summed E-state index contributed by atoms with van der Waals surface area (Å²) in [5.41, 5.74) is -0.401. The van der Waals surface area contributed by atoms with Gasteiger partial charge in [0.15, 0.2) is 11.9 Å². The Hall–Kier alpha value is -3.08. The van der Waals surface area contributed by atoms with Crippen molar-refractivity contribution >= 4 is 33.4 Å². The number of amides is 1. The molecule has 0 saturated carbocycles. The number of esters is 1. The molecule has 1 N–H and O–H groups in total. The molecule has 0 spiro atoms. The van der Waals surface area contributed by atoms with Gasteiger partial charge in [-0.15, -0.1) is 4.40 Å². The highest BCUT2D eigenvalue weighted by atomic mass is 32.2. The van der Waals surface area contributed by atoms with Crippen molar-refractivity contribution in [1.82, 2.24) is 4.90 Å². The van der Waals surface area contributed by atoms with Crippen LogP contribution in [0.5, 0.6) is 0 Å². The fraction of sp³-hybridized carbons (Fsp3) is 0.235. The number of nitrogens with zero attached hydrogens (tertiary/aromatic N) is 2. The van der Waals surface area contributed by atoms with Gasteiger partial charge in [0.1, 0.15) is 17.2 Å². The van der Waals surface area contributed by atoms with Crippen LogP contribution in [0.4, 0.5) is 14.5 Å². The fourth-order valence-corrected chi connectivity index (χ4v) is 3.46. The van der Waals surface area contributed by atoms with Crippen LogP contribution in [0.1, 0.15) is 6.92 Å². The first-order valence-corrected chi connectivity index (χ1v) is 9.72. The van der Waals surface area contributed by atoms with Crippen molar-refractivity contribution in [3.8, 4) is 0 Å². The molecule has 1 atom stereocenters. The molecular weight excluding hydrogens is 396 g/mol. The van der Waals surface area contributed by atoms with Crippen LogP contribution in [0.15, 0.2) is 46.5 Å². The number of carbonyl (C=O) groups excluding carboxylic acids is 2. The van der Waals surface area contributed by atoms with Gasteiger partial charge in [-0.05, 0) is 31.2 Å². The molecule has 8 nitrogen and oxygen atoms in total. The summed E-state index contributed by atoms with van der Waals surface area (Å²) >= 11 is 0. The molecule has 1 aromatic carbocycles. The van der Waals surface area contributed by atoms with Gasteiger partial charge < -0.3 is 15.0 Å². The number of rotatable bonds is 4. The van der Waals surface area contributed by atoms with Crippen LogP contribution in [0, 0.1) is 11.6 Å². The standard InChI is InChI=1S/C17H15F2N3O5S/c1-10(16(23)20-14-5-4-11(18)9-13(14)19)27-17(24)12-3-2-6-22-7-8-28(25,26)21-15(12)22/h2-6,9-10H,7-8H2,1H3,(H,20,23)/t10-/m1/s1. The van der Waals surface area contributed by atoms with Crippen LogP contribution in [0.25, 0.3) is 0 Å². The molecule has 0 saturated heterocycles. The van der Waals surface area contributed by atoms with Gasteiger partial charge in [-0.1, -0.05) is 0 Å². The van der Waals surface area contributed by atoms with Crippen LogP contribution < -0.4 is 5.32 Å². The van der Waals surface area contributed by atoms with Crippen molar-refractivity contribution in [3.05, 3.63) is 53.8 Å². The summed E-state index contributed by atoms with van der Waals surface area (Å²) in [5, 5.41) is 2.19. The van der Waals surface area contributed by atoms with Crippen LogP contribution >= 0.6 is 0 Å². The number of sulfonamides is 1. The second-order valence-corrected chi connectivity index (χ2v) is 7.73. The van der Waals surface area contributed by atoms with Crippen LogP contribution in [0.2, 0.25) is 0 Å². The summed E-state index contributed by atoms with van der Waals surface area (Å²) in [6.45, 7) is 1.38. The number of amidine groups is 1. The summed E-state index contributed by atoms with van der Waals surface area (Å²) in [5.74, 6) is -3.88. The number of benzene rings is 1. The monoisotopic (exact) mass is 411 g/mol. The maximum absolute atomic E-state index is 13.6. The zero-order valence-electron chi connectivity index (χ0n) is 14.6. The van der Waals surface area contributed by atoms with E-state index in [1.54, 1.807) is 6.20 Å². The van der Waals surface area contributed by atoms with Crippen LogP contribution in [0.3, 0.4) is 0 Å². The Labute approximate surface area is 159 Å². The van der Waals surface area contributed by atoms with Crippen molar-refractivity contribution in [3.63, 3.8) is 0 Å². The lowest BCUT2D eigenvalue weighted by molar-refractivity contribution is -0.148. The third kappa shape index (κ3) is 4.25. The van der Waals surface area contributed by atoms with E-state index in [2.05, 4.69) is 9.71 Å². The first kappa shape index (κ1) is 19.7. The molecule has 1 amide bonds. The first-order valence-electron chi connectivity index (χ1n) is 8.11. The molecule has 1 aromatic rings. The summed E-state index contributed by atoms with van der Waals surface area (Å²) in [6.07, 6.45) is 3.07. The van der Waals surface area contributed by atoms with E-state index >= 15 is 0 Å². The minimum Gasteiger partial charge on any atom is -0.449 e. The van der Waals surface area contributed by atoms with Crippen LogP contribution in [-0.2, 0) is 24.3 Å². The normalized spacial score (nSPS) is 18.5. The molecule has 0 radical (unpaired) electrons. The van der Waals surface area contributed by atoms with Crippen molar-refractivity contribution in [2.24, 2.45) is 4.40 Å². The molecule has 148 valence electrons. The first-order chi connectivity index (χ1) is 13.2. The molecule has 2 heterocycles. The number of allylic oxidation sites excluding steroid dienone is 2. The molecule has 28 heavy (non-hydrogen) atoms. The topological polar surface area (TPSA) is 105 Å². The fourth-order valence-electron chi connectivity index (χ4n) is 2.48. The van der Waals surface area contributed by atoms with E-state index in [1.165, 1.54) is 24.0 Å². The highest BCUT2D eigenvalue weighted by Crippen LogP contribution is 2.20. The average molecular weight is 411 g/mol. The Bertz CT molecular complexity index is 1030. The number of fused-ring (bicyclic) bond motifs is 1. The summed E-state index contributed by atoms with van der Waals surface area (Å²) in [4.78, 5) is 26.0. The Morgan fingerprint density at radius 2 is 2.07 bits per heavy atom. The van der Waals surface area contributed by atoms with Gasteiger partial charge in [0.2, 0.25) is 0 Å². The number of anilines is 1. The highest BCUT2D eigenvalue weighted by molar-refractivity contribution is 7.90. The van der Waals surface area contributed by atoms with Gasteiger partial charge in [-0.25, -0.2) is 22.0 Å². The van der Waals surface area contributed by atoms with Crippen molar-refractivity contribution in [1.29, 1.82) is 0 Å². The molecule has 0 fully saturated rings. The minimum atomic E-state index is -3.70. The molecule has 0 bridgehead atoms. The highest BCUT2D eigenvalue weighted by Gasteiger charge is 2.32. The molecule has 2 aliphatic rings. The number of carbonyl (C=O) groups is 2. The lowest BCUT2D eigenvalue weighted by Crippen LogP contribution is -2.41. The van der Waals surface area contributed by atoms with Crippen LogP contribution in [-0.4, -0.2) is 49.4 Å².